The van der Waals surface area contributed by atoms with Crippen molar-refractivity contribution in [3.05, 3.63) is 181 Å². The lowest BCUT2D eigenvalue weighted by Gasteiger charge is -2.27. The van der Waals surface area contributed by atoms with Crippen LogP contribution < -0.4 is 0 Å². The molecule has 5 aromatic carbocycles. The van der Waals surface area contributed by atoms with E-state index in [0.29, 0.717) is 0 Å². The van der Waals surface area contributed by atoms with Crippen LogP contribution in [0, 0.1) is 5.92 Å². The van der Waals surface area contributed by atoms with Crippen molar-refractivity contribution in [1.82, 2.24) is 15.0 Å². The maximum Gasteiger partial charge on any atom is 0.160 e. The number of nitrogens with zero attached hydrogens (tertiary/aromatic N) is 3. The first kappa shape index (κ1) is 28.5. The molecule has 0 amide bonds. The molecule has 2 unspecified atom stereocenters. The second kappa shape index (κ2) is 12.5. The highest BCUT2D eigenvalue weighted by molar-refractivity contribution is 5.96. The molecule has 8 rings (SSSR count). The molecule has 2 atom stereocenters. The first-order chi connectivity index (χ1) is 23.2. The molecule has 2 heterocycles. The zero-order valence-corrected chi connectivity index (χ0v) is 26.2. The first-order valence-electron chi connectivity index (χ1n) is 16.1. The van der Waals surface area contributed by atoms with Crippen LogP contribution in [0.15, 0.2) is 170 Å². The standard InChI is InChI=1S/C44H33N3/c1-30-38(37-14-9-27-45-29-37)16-8-17-39(30)43-28-42(35-23-19-32(20-24-35)31-10-3-2-4-11-31)46-44(47-43)36-25-21-34(22-26-36)41-18-7-13-33-12-5-6-15-40(33)41/h2-30,38H,1H3. The summed E-state index contributed by atoms with van der Waals surface area (Å²) in [4.78, 5) is 14.8. The molecule has 7 aromatic rings. The Kier molecular flexibility index (Phi) is 7.56. The van der Waals surface area contributed by atoms with Crippen molar-refractivity contribution >= 4 is 16.3 Å². The van der Waals surface area contributed by atoms with Gasteiger partial charge in [-0.25, -0.2) is 9.97 Å². The lowest BCUT2D eigenvalue weighted by Crippen LogP contribution is -2.14. The van der Waals surface area contributed by atoms with Gasteiger partial charge in [-0.2, -0.15) is 0 Å². The molecule has 1 aliphatic carbocycles. The van der Waals surface area contributed by atoms with Gasteiger partial charge in [0.05, 0.1) is 11.4 Å². The van der Waals surface area contributed by atoms with E-state index in [-0.39, 0.29) is 11.8 Å². The number of hydrogen-bond acceptors (Lipinski definition) is 3. The van der Waals surface area contributed by atoms with E-state index in [1.165, 1.54) is 44.2 Å². The van der Waals surface area contributed by atoms with Crippen LogP contribution >= 0.6 is 0 Å². The summed E-state index contributed by atoms with van der Waals surface area (Å²) in [6.07, 6.45) is 10.4. The molecule has 47 heavy (non-hydrogen) atoms. The number of aromatic nitrogens is 3. The Bertz CT molecular complexity index is 2230. The van der Waals surface area contributed by atoms with Crippen LogP contribution in [0.5, 0.6) is 0 Å². The van der Waals surface area contributed by atoms with Gasteiger partial charge in [-0.05, 0) is 62.2 Å². The zero-order valence-electron chi connectivity index (χ0n) is 26.2. The van der Waals surface area contributed by atoms with Gasteiger partial charge in [0.15, 0.2) is 5.82 Å². The van der Waals surface area contributed by atoms with Crippen molar-refractivity contribution in [3.8, 4) is 44.9 Å². The van der Waals surface area contributed by atoms with E-state index in [4.69, 9.17) is 9.97 Å². The number of pyridine rings is 1. The minimum absolute atomic E-state index is 0.217. The van der Waals surface area contributed by atoms with Gasteiger partial charge in [-0.15, -0.1) is 0 Å². The first-order valence-corrected chi connectivity index (χ1v) is 16.1. The van der Waals surface area contributed by atoms with Gasteiger partial charge in [0.2, 0.25) is 0 Å². The molecule has 0 aliphatic heterocycles. The van der Waals surface area contributed by atoms with E-state index < -0.39 is 0 Å². The van der Waals surface area contributed by atoms with Crippen LogP contribution in [0.25, 0.3) is 61.2 Å². The van der Waals surface area contributed by atoms with Crippen LogP contribution in [0.4, 0.5) is 0 Å². The Morgan fingerprint density at radius 2 is 1.23 bits per heavy atom. The molecule has 3 nitrogen and oxygen atoms in total. The average Bonchev–Trinajstić information content (AvgIpc) is 3.15. The van der Waals surface area contributed by atoms with Crippen LogP contribution in [-0.4, -0.2) is 15.0 Å². The third-order valence-corrected chi connectivity index (χ3v) is 9.25. The number of benzene rings is 5. The molecule has 0 saturated heterocycles. The van der Waals surface area contributed by atoms with E-state index in [1.807, 2.05) is 24.5 Å². The van der Waals surface area contributed by atoms with Gasteiger partial charge in [-0.1, -0.05) is 153 Å². The number of rotatable bonds is 6. The molecule has 0 spiro atoms. The number of fused-ring (bicyclic) bond motifs is 1. The Morgan fingerprint density at radius 3 is 2.04 bits per heavy atom. The van der Waals surface area contributed by atoms with E-state index in [2.05, 4.69) is 158 Å². The maximum absolute atomic E-state index is 5.22. The topological polar surface area (TPSA) is 38.7 Å². The van der Waals surface area contributed by atoms with Crippen molar-refractivity contribution in [2.24, 2.45) is 5.92 Å². The molecule has 224 valence electrons. The zero-order chi connectivity index (χ0) is 31.6. The second-order valence-electron chi connectivity index (χ2n) is 12.1. The Morgan fingerprint density at radius 1 is 0.553 bits per heavy atom. The molecule has 0 bridgehead atoms. The fraction of sp³-hybridized carbons (Fsp3) is 0.0682. The maximum atomic E-state index is 5.22. The third kappa shape index (κ3) is 5.69. The van der Waals surface area contributed by atoms with Crippen molar-refractivity contribution in [1.29, 1.82) is 0 Å². The van der Waals surface area contributed by atoms with Gasteiger partial charge in [-0.3, -0.25) is 4.98 Å². The van der Waals surface area contributed by atoms with Gasteiger partial charge < -0.3 is 0 Å². The lowest BCUT2D eigenvalue weighted by molar-refractivity contribution is 0.648. The van der Waals surface area contributed by atoms with Gasteiger partial charge in [0, 0.05) is 29.4 Å². The fourth-order valence-corrected chi connectivity index (χ4v) is 6.69. The summed E-state index contributed by atoms with van der Waals surface area (Å²) in [6.45, 7) is 2.28. The molecule has 2 aromatic heterocycles. The normalized spacial score (nSPS) is 15.8. The predicted molar refractivity (Wildman–Crippen MR) is 195 cm³/mol. The molecular formula is C44H33N3. The summed E-state index contributed by atoms with van der Waals surface area (Å²) < 4.78 is 0. The van der Waals surface area contributed by atoms with E-state index in [1.54, 1.807) is 0 Å². The van der Waals surface area contributed by atoms with E-state index in [9.17, 15) is 0 Å². The molecule has 1 aliphatic rings. The van der Waals surface area contributed by atoms with Gasteiger partial charge in [0.25, 0.3) is 0 Å². The molecule has 0 fully saturated rings. The fourth-order valence-electron chi connectivity index (χ4n) is 6.69. The molecule has 0 N–H and O–H groups in total. The van der Waals surface area contributed by atoms with Crippen molar-refractivity contribution in [2.45, 2.75) is 12.8 Å². The van der Waals surface area contributed by atoms with Crippen LogP contribution in [0.3, 0.4) is 0 Å². The predicted octanol–water partition coefficient (Wildman–Crippen LogP) is 11.1. The summed E-state index contributed by atoms with van der Waals surface area (Å²) in [7, 11) is 0. The monoisotopic (exact) mass is 603 g/mol. The largest absolute Gasteiger partial charge is 0.264 e. The molecular weight excluding hydrogens is 571 g/mol. The van der Waals surface area contributed by atoms with Gasteiger partial charge in [0.1, 0.15) is 0 Å². The molecule has 0 saturated carbocycles. The highest BCUT2D eigenvalue weighted by Crippen LogP contribution is 2.40. The minimum atomic E-state index is 0.217. The second-order valence-corrected chi connectivity index (χ2v) is 12.1. The Hall–Kier alpha value is -5.93. The van der Waals surface area contributed by atoms with E-state index in [0.717, 1.165) is 28.3 Å². The third-order valence-electron chi connectivity index (χ3n) is 9.25. The summed E-state index contributed by atoms with van der Waals surface area (Å²) in [5, 5.41) is 2.48. The highest BCUT2D eigenvalue weighted by Gasteiger charge is 2.25. The summed E-state index contributed by atoms with van der Waals surface area (Å²) in [5.41, 5.74) is 11.1. The molecule has 0 radical (unpaired) electrons. The van der Waals surface area contributed by atoms with Crippen molar-refractivity contribution < 1.29 is 0 Å². The van der Waals surface area contributed by atoms with E-state index >= 15 is 0 Å². The van der Waals surface area contributed by atoms with Crippen LogP contribution in [0.1, 0.15) is 24.1 Å². The Labute approximate surface area is 275 Å². The summed E-state index contributed by atoms with van der Waals surface area (Å²) in [5.74, 6) is 1.15. The summed E-state index contributed by atoms with van der Waals surface area (Å²) >= 11 is 0. The quantitative estimate of drug-likeness (QED) is 0.190. The summed E-state index contributed by atoms with van der Waals surface area (Å²) in [6, 6.07) is 49.1. The Balaban J connectivity index is 1.20. The lowest BCUT2D eigenvalue weighted by atomic mass is 9.78. The average molecular weight is 604 g/mol. The van der Waals surface area contributed by atoms with Crippen LogP contribution in [-0.2, 0) is 0 Å². The number of allylic oxidation sites excluding steroid dienone is 4. The molecule has 3 heteroatoms. The van der Waals surface area contributed by atoms with Gasteiger partial charge >= 0.3 is 0 Å². The van der Waals surface area contributed by atoms with Crippen molar-refractivity contribution in [3.63, 3.8) is 0 Å². The number of hydrogen-bond donors (Lipinski definition) is 0. The van der Waals surface area contributed by atoms with Crippen molar-refractivity contribution in [2.75, 3.05) is 0 Å². The SMILES string of the molecule is CC1C(c2cc(-c3ccc(-c4ccccc4)cc3)nc(-c3ccc(-c4cccc5ccccc45)cc3)n2)=CC=CC1c1cccnc1. The highest BCUT2D eigenvalue weighted by atomic mass is 14.9. The smallest absolute Gasteiger partial charge is 0.160 e. The van der Waals surface area contributed by atoms with Crippen LogP contribution in [0.2, 0.25) is 0 Å². The minimum Gasteiger partial charge on any atom is -0.264 e.